The smallest absolute Gasteiger partial charge is 0.285 e. The normalized spacial score (nSPS) is 11.8. The average Bonchev–Trinajstić information content (AvgIpc) is 3.12. The van der Waals surface area contributed by atoms with Crippen LogP contribution in [0.2, 0.25) is 0 Å². The van der Waals surface area contributed by atoms with Crippen LogP contribution in [0.3, 0.4) is 0 Å². The van der Waals surface area contributed by atoms with E-state index in [9.17, 15) is 18.3 Å². The Morgan fingerprint density at radius 3 is 2.42 bits per heavy atom. The van der Waals surface area contributed by atoms with Gasteiger partial charge in [0.2, 0.25) is 5.88 Å². The van der Waals surface area contributed by atoms with Gasteiger partial charge >= 0.3 is 0 Å². The van der Waals surface area contributed by atoms with Gasteiger partial charge in [0, 0.05) is 5.39 Å². The Labute approximate surface area is 191 Å². The van der Waals surface area contributed by atoms with Gasteiger partial charge in [0.15, 0.2) is 5.69 Å². The Bertz CT molecular complexity index is 1460. The molecule has 0 saturated carbocycles. The molecule has 0 fully saturated rings. The van der Waals surface area contributed by atoms with Crippen LogP contribution in [-0.4, -0.2) is 31.0 Å². The highest BCUT2D eigenvalue weighted by Crippen LogP contribution is 2.35. The van der Waals surface area contributed by atoms with Crippen LogP contribution >= 0.6 is 0 Å². The van der Waals surface area contributed by atoms with Gasteiger partial charge in [-0.15, -0.1) is 10.2 Å². The van der Waals surface area contributed by atoms with Crippen molar-refractivity contribution in [2.75, 3.05) is 10.8 Å². The largest absolute Gasteiger partial charge is 0.493 e. The molecule has 4 rings (SSSR count). The number of amides is 1. The number of aromatic hydroxyl groups is 1. The van der Waals surface area contributed by atoms with Crippen molar-refractivity contribution in [1.82, 2.24) is 4.98 Å². The molecule has 33 heavy (non-hydrogen) atoms. The van der Waals surface area contributed by atoms with Crippen molar-refractivity contribution in [2.24, 2.45) is 10.2 Å². The van der Waals surface area contributed by atoms with Crippen LogP contribution in [0.25, 0.3) is 10.9 Å². The molecule has 0 aliphatic rings. The number of aromatic nitrogens is 1. The highest BCUT2D eigenvalue weighted by atomic mass is 32.2. The fourth-order valence-electron chi connectivity index (χ4n) is 3.58. The molecule has 8 nitrogen and oxygen atoms in total. The summed E-state index contributed by atoms with van der Waals surface area (Å²) >= 11 is 0. The van der Waals surface area contributed by atoms with Crippen LogP contribution < -0.4 is 4.31 Å². The van der Waals surface area contributed by atoms with E-state index in [0.717, 1.165) is 9.87 Å². The first-order valence-electron chi connectivity index (χ1n) is 10.2. The molecule has 0 bridgehead atoms. The fourth-order valence-corrected chi connectivity index (χ4v) is 5.08. The highest BCUT2D eigenvalue weighted by molar-refractivity contribution is 7.92. The molecule has 0 unspecified atom stereocenters. The summed E-state index contributed by atoms with van der Waals surface area (Å²) in [4.78, 5) is 15.6. The van der Waals surface area contributed by atoms with Crippen molar-refractivity contribution >= 4 is 38.2 Å². The van der Waals surface area contributed by atoms with Crippen LogP contribution in [0.1, 0.15) is 11.1 Å². The van der Waals surface area contributed by atoms with Crippen LogP contribution in [-0.2, 0) is 14.8 Å². The number of H-pyrrole nitrogens is 1. The summed E-state index contributed by atoms with van der Waals surface area (Å²) in [5, 5.41) is 18.3. The second-order valence-electron chi connectivity index (χ2n) is 7.58. The Morgan fingerprint density at radius 1 is 1.00 bits per heavy atom. The van der Waals surface area contributed by atoms with Crippen molar-refractivity contribution in [3.63, 3.8) is 0 Å². The Balaban J connectivity index is 1.70. The first kappa shape index (κ1) is 22.2. The van der Waals surface area contributed by atoms with Crippen molar-refractivity contribution in [3.05, 3.63) is 83.9 Å². The van der Waals surface area contributed by atoms with Gasteiger partial charge in [-0.3, -0.25) is 9.10 Å². The number of hydrogen-bond donors (Lipinski definition) is 2. The summed E-state index contributed by atoms with van der Waals surface area (Å²) < 4.78 is 27.9. The number of carbonyl (C=O) groups is 1. The van der Waals surface area contributed by atoms with Crippen molar-refractivity contribution < 1.29 is 18.3 Å². The van der Waals surface area contributed by atoms with E-state index in [2.05, 4.69) is 15.2 Å². The summed E-state index contributed by atoms with van der Waals surface area (Å²) in [6.07, 6.45) is 0. The fraction of sp³-hybridized carbons (Fsp3) is 0.125. The van der Waals surface area contributed by atoms with Crippen LogP contribution in [0.4, 0.5) is 11.4 Å². The van der Waals surface area contributed by atoms with Crippen molar-refractivity contribution in [1.29, 1.82) is 0 Å². The SMILES string of the molecule is Cc1ccc(N(CC(=O)N=Nc2c(O)[nH]c3ccccc23)S(=O)(=O)c2ccccc2)c(C)c1. The third-order valence-corrected chi connectivity index (χ3v) is 6.93. The number of benzene rings is 3. The van der Waals surface area contributed by atoms with E-state index in [4.69, 9.17) is 0 Å². The molecular weight excluding hydrogens is 440 g/mol. The lowest BCUT2D eigenvalue weighted by Crippen LogP contribution is -2.35. The van der Waals surface area contributed by atoms with Gasteiger partial charge in [0.05, 0.1) is 16.1 Å². The molecule has 1 heterocycles. The zero-order chi connectivity index (χ0) is 23.6. The minimum atomic E-state index is -4.04. The van der Waals surface area contributed by atoms with Crippen LogP contribution in [0, 0.1) is 13.8 Å². The molecule has 1 aromatic heterocycles. The van der Waals surface area contributed by atoms with E-state index in [-0.39, 0.29) is 16.5 Å². The number of sulfonamides is 1. The number of nitrogens with zero attached hydrogens (tertiary/aromatic N) is 3. The third-order valence-electron chi connectivity index (χ3n) is 5.15. The second-order valence-corrected chi connectivity index (χ2v) is 9.44. The lowest BCUT2D eigenvalue weighted by molar-refractivity contribution is -0.116. The number of rotatable bonds is 6. The molecule has 0 radical (unpaired) electrons. The minimum Gasteiger partial charge on any atom is -0.493 e. The summed E-state index contributed by atoms with van der Waals surface area (Å²) in [5.74, 6) is -1.00. The van der Waals surface area contributed by atoms with E-state index in [1.54, 1.807) is 61.5 Å². The monoisotopic (exact) mass is 462 g/mol. The number of hydrogen-bond acceptors (Lipinski definition) is 5. The topological polar surface area (TPSA) is 115 Å². The molecule has 0 spiro atoms. The zero-order valence-electron chi connectivity index (χ0n) is 18.1. The van der Waals surface area contributed by atoms with Gasteiger partial charge in [0.25, 0.3) is 15.9 Å². The number of aryl methyl sites for hydroxylation is 2. The van der Waals surface area contributed by atoms with Crippen LogP contribution in [0.15, 0.2) is 87.9 Å². The maximum atomic E-state index is 13.4. The minimum absolute atomic E-state index is 0.0592. The maximum absolute atomic E-state index is 13.4. The first-order chi connectivity index (χ1) is 15.8. The van der Waals surface area contributed by atoms with Gasteiger partial charge in [0.1, 0.15) is 6.54 Å². The van der Waals surface area contributed by atoms with Crippen LogP contribution in [0.5, 0.6) is 5.88 Å². The zero-order valence-corrected chi connectivity index (χ0v) is 18.9. The summed E-state index contributed by atoms with van der Waals surface area (Å²) in [7, 11) is -4.04. The van der Waals surface area contributed by atoms with E-state index in [0.29, 0.717) is 22.2 Å². The standard InChI is InChI=1S/C24H22N4O4S/c1-16-12-13-21(17(2)14-16)28(33(31,32)18-8-4-3-5-9-18)15-22(29)26-27-23-19-10-6-7-11-20(19)25-24(23)30/h3-14,25,30H,15H2,1-2H3. The number of fused-ring (bicyclic) bond motifs is 1. The predicted molar refractivity (Wildman–Crippen MR) is 126 cm³/mol. The molecule has 3 aromatic carbocycles. The number of anilines is 1. The first-order valence-corrected chi connectivity index (χ1v) is 11.6. The Hall–Kier alpha value is -3.98. The predicted octanol–water partition coefficient (Wildman–Crippen LogP) is 5.00. The maximum Gasteiger partial charge on any atom is 0.285 e. The average molecular weight is 463 g/mol. The lowest BCUT2D eigenvalue weighted by atomic mass is 10.1. The summed E-state index contributed by atoms with van der Waals surface area (Å²) in [5.41, 5.74) is 2.80. The molecule has 0 atom stereocenters. The Kier molecular flexibility index (Phi) is 5.97. The number of aromatic amines is 1. The molecule has 0 aliphatic carbocycles. The van der Waals surface area contributed by atoms with Gasteiger partial charge in [-0.05, 0) is 43.7 Å². The van der Waals surface area contributed by atoms with E-state index < -0.39 is 22.5 Å². The molecule has 0 aliphatic heterocycles. The highest BCUT2D eigenvalue weighted by Gasteiger charge is 2.28. The number of azo groups is 1. The van der Waals surface area contributed by atoms with Gasteiger partial charge in [-0.2, -0.15) is 0 Å². The summed E-state index contributed by atoms with van der Waals surface area (Å²) in [6.45, 7) is 3.14. The number of para-hydroxylation sites is 1. The molecular formula is C24H22N4O4S. The van der Waals surface area contributed by atoms with E-state index >= 15 is 0 Å². The lowest BCUT2D eigenvalue weighted by Gasteiger charge is -2.25. The molecule has 168 valence electrons. The molecule has 0 saturated heterocycles. The third kappa shape index (κ3) is 4.49. The number of carbonyl (C=O) groups excluding carboxylic acids is 1. The van der Waals surface area contributed by atoms with Gasteiger partial charge < -0.3 is 10.1 Å². The quantitative estimate of drug-likeness (QED) is 0.393. The Morgan fingerprint density at radius 2 is 1.70 bits per heavy atom. The van der Waals surface area contributed by atoms with Crippen molar-refractivity contribution in [3.8, 4) is 5.88 Å². The molecule has 4 aromatic rings. The second kappa shape index (κ2) is 8.87. The molecule has 2 N–H and O–H groups in total. The van der Waals surface area contributed by atoms with Gasteiger partial charge in [-0.25, -0.2) is 8.42 Å². The van der Waals surface area contributed by atoms with Gasteiger partial charge in [-0.1, -0.05) is 54.1 Å². The van der Waals surface area contributed by atoms with Crippen molar-refractivity contribution in [2.45, 2.75) is 18.7 Å². The van der Waals surface area contributed by atoms with E-state index in [1.807, 2.05) is 13.0 Å². The molecule has 1 amide bonds. The molecule has 9 heteroatoms. The summed E-state index contributed by atoms with van der Waals surface area (Å²) in [6, 6.07) is 20.2. The number of nitrogens with one attached hydrogen (secondary N) is 1. The van der Waals surface area contributed by atoms with E-state index in [1.165, 1.54) is 12.1 Å².